The number of nitrogen functional groups attached to an aromatic ring is 1. The van der Waals surface area contributed by atoms with E-state index in [0.717, 1.165) is 41.4 Å². The summed E-state index contributed by atoms with van der Waals surface area (Å²) >= 11 is 0. The summed E-state index contributed by atoms with van der Waals surface area (Å²) in [6, 6.07) is 6.00. The number of rotatable bonds is 5. The highest BCUT2D eigenvalue weighted by atomic mass is 16.5. The topological polar surface area (TPSA) is 70.5 Å². The van der Waals surface area contributed by atoms with Gasteiger partial charge < -0.3 is 19.6 Å². The van der Waals surface area contributed by atoms with Crippen molar-refractivity contribution in [3.05, 3.63) is 35.2 Å². The van der Waals surface area contributed by atoms with Gasteiger partial charge in [-0.25, -0.2) is 0 Å². The Morgan fingerprint density at radius 3 is 2.58 bits per heavy atom. The third-order valence-corrected chi connectivity index (χ3v) is 3.02. The Kier molecular flexibility index (Phi) is 3.94. The molecular formula is C14H18N2O3. The molecule has 0 aliphatic carbocycles. The van der Waals surface area contributed by atoms with E-state index < -0.39 is 0 Å². The van der Waals surface area contributed by atoms with Crippen LogP contribution in [0, 0.1) is 6.92 Å². The first-order valence-corrected chi connectivity index (χ1v) is 6.06. The number of benzene rings is 1. The largest absolute Gasteiger partial charge is 0.497 e. The molecule has 19 heavy (non-hydrogen) atoms. The van der Waals surface area contributed by atoms with Crippen LogP contribution in [0.1, 0.15) is 17.0 Å². The van der Waals surface area contributed by atoms with Crippen LogP contribution in [-0.4, -0.2) is 19.2 Å². The van der Waals surface area contributed by atoms with Crippen LogP contribution >= 0.6 is 0 Å². The van der Waals surface area contributed by atoms with E-state index in [9.17, 15) is 0 Å². The van der Waals surface area contributed by atoms with E-state index in [0.29, 0.717) is 0 Å². The first-order chi connectivity index (χ1) is 9.13. The molecule has 1 heterocycles. The highest BCUT2D eigenvalue weighted by molar-refractivity contribution is 5.41. The second kappa shape index (κ2) is 5.65. The smallest absolute Gasteiger partial charge is 0.292 e. The Labute approximate surface area is 112 Å². The molecule has 0 aliphatic rings. The number of oxazole rings is 1. The first kappa shape index (κ1) is 13.3. The van der Waals surface area contributed by atoms with Gasteiger partial charge in [-0.05, 0) is 25.0 Å². The van der Waals surface area contributed by atoms with Gasteiger partial charge in [0.25, 0.3) is 6.01 Å². The maximum absolute atomic E-state index is 5.52. The van der Waals surface area contributed by atoms with Crippen LogP contribution in [0.15, 0.2) is 22.6 Å². The van der Waals surface area contributed by atoms with Crippen LogP contribution in [0.4, 0.5) is 6.01 Å². The number of methoxy groups -OCH3 is 2. The molecule has 1 aromatic heterocycles. The number of hydrogen-bond acceptors (Lipinski definition) is 5. The van der Waals surface area contributed by atoms with Crippen molar-refractivity contribution in [2.45, 2.75) is 19.8 Å². The SMILES string of the molecule is COc1ccc(CCc2oc(N)nc2C)c(OC)c1. The molecule has 0 aliphatic heterocycles. The maximum atomic E-state index is 5.52. The van der Waals surface area contributed by atoms with Crippen molar-refractivity contribution in [1.82, 2.24) is 4.98 Å². The molecule has 1 aromatic carbocycles. The molecule has 0 amide bonds. The summed E-state index contributed by atoms with van der Waals surface area (Å²) in [5, 5.41) is 0. The molecule has 0 spiro atoms. The van der Waals surface area contributed by atoms with Crippen LogP contribution in [-0.2, 0) is 12.8 Å². The Hall–Kier alpha value is -2.17. The summed E-state index contributed by atoms with van der Waals surface area (Å²) in [6.45, 7) is 1.89. The minimum absolute atomic E-state index is 0.217. The molecule has 0 fully saturated rings. The van der Waals surface area contributed by atoms with E-state index in [-0.39, 0.29) is 6.01 Å². The van der Waals surface area contributed by atoms with Crippen molar-refractivity contribution in [2.24, 2.45) is 0 Å². The summed E-state index contributed by atoms with van der Waals surface area (Å²) in [7, 11) is 3.28. The molecular weight excluding hydrogens is 244 g/mol. The van der Waals surface area contributed by atoms with E-state index >= 15 is 0 Å². The normalized spacial score (nSPS) is 10.5. The van der Waals surface area contributed by atoms with Gasteiger partial charge in [0.15, 0.2) is 0 Å². The lowest BCUT2D eigenvalue weighted by molar-refractivity contribution is 0.390. The van der Waals surface area contributed by atoms with Crippen LogP contribution in [0.2, 0.25) is 0 Å². The lowest BCUT2D eigenvalue weighted by Gasteiger charge is -2.09. The zero-order chi connectivity index (χ0) is 13.8. The van der Waals surface area contributed by atoms with Gasteiger partial charge in [-0.15, -0.1) is 0 Å². The van der Waals surface area contributed by atoms with Gasteiger partial charge in [0, 0.05) is 12.5 Å². The molecule has 2 N–H and O–H groups in total. The lowest BCUT2D eigenvalue weighted by atomic mass is 10.1. The fraction of sp³-hybridized carbons (Fsp3) is 0.357. The molecule has 2 aromatic rings. The van der Waals surface area contributed by atoms with E-state index in [1.54, 1.807) is 14.2 Å². The van der Waals surface area contributed by atoms with Crippen molar-refractivity contribution in [3.8, 4) is 11.5 Å². The van der Waals surface area contributed by atoms with E-state index in [1.165, 1.54) is 0 Å². The molecule has 102 valence electrons. The summed E-state index contributed by atoms with van der Waals surface area (Å²) in [5.41, 5.74) is 7.46. The Morgan fingerprint density at radius 2 is 2.00 bits per heavy atom. The number of ether oxygens (including phenoxy) is 2. The van der Waals surface area contributed by atoms with Crippen LogP contribution in [0.3, 0.4) is 0 Å². The standard InChI is InChI=1S/C14H18N2O3/c1-9-12(19-14(15)16-9)7-5-10-4-6-11(17-2)8-13(10)18-3/h4,6,8H,5,7H2,1-3H3,(H2,15,16). The Balaban J connectivity index is 2.13. The van der Waals surface area contributed by atoms with E-state index in [1.807, 2.05) is 25.1 Å². The predicted molar refractivity (Wildman–Crippen MR) is 72.6 cm³/mol. The third kappa shape index (κ3) is 2.99. The van der Waals surface area contributed by atoms with Crippen molar-refractivity contribution >= 4 is 6.01 Å². The molecule has 0 atom stereocenters. The van der Waals surface area contributed by atoms with Gasteiger partial charge in [0.1, 0.15) is 17.3 Å². The highest BCUT2D eigenvalue weighted by Gasteiger charge is 2.10. The van der Waals surface area contributed by atoms with Crippen LogP contribution < -0.4 is 15.2 Å². The van der Waals surface area contributed by atoms with Crippen LogP contribution in [0.25, 0.3) is 0 Å². The van der Waals surface area contributed by atoms with Gasteiger partial charge in [-0.1, -0.05) is 6.07 Å². The van der Waals surface area contributed by atoms with Crippen molar-refractivity contribution < 1.29 is 13.9 Å². The summed E-state index contributed by atoms with van der Waals surface area (Å²) in [4.78, 5) is 4.05. The highest BCUT2D eigenvalue weighted by Crippen LogP contribution is 2.26. The van der Waals surface area contributed by atoms with Gasteiger partial charge in [-0.3, -0.25) is 0 Å². The number of aromatic nitrogens is 1. The number of anilines is 1. The molecule has 0 bridgehead atoms. The second-order valence-corrected chi connectivity index (χ2v) is 4.24. The molecule has 0 saturated heterocycles. The summed E-state index contributed by atoms with van der Waals surface area (Å²) in [5.74, 6) is 2.40. The predicted octanol–water partition coefficient (Wildman–Crippen LogP) is 2.37. The number of nitrogens with two attached hydrogens (primary N) is 1. The van der Waals surface area contributed by atoms with Gasteiger partial charge in [0.2, 0.25) is 0 Å². The van der Waals surface area contributed by atoms with Gasteiger partial charge in [0.05, 0.1) is 19.9 Å². The Bertz CT molecular complexity index is 564. The fourth-order valence-electron chi connectivity index (χ4n) is 1.99. The quantitative estimate of drug-likeness (QED) is 0.895. The number of nitrogens with zero attached hydrogens (tertiary/aromatic N) is 1. The van der Waals surface area contributed by atoms with Crippen molar-refractivity contribution in [2.75, 3.05) is 20.0 Å². The molecule has 0 radical (unpaired) electrons. The van der Waals surface area contributed by atoms with Crippen LogP contribution in [0.5, 0.6) is 11.5 Å². The zero-order valence-corrected chi connectivity index (χ0v) is 11.4. The molecule has 0 saturated carbocycles. The average molecular weight is 262 g/mol. The molecule has 2 rings (SSSR count). The molecule has 5 heteroatoms. The lowest BCUT2D eigenvalue weighted by Crippen LogP contribution is -1.97. The number of hydrogen-bond donors (Lipinski definition) is 1. The molecule has 0 unspecified atom stereocenters. The minimum atomic E-state index is 0.217. The average Bonchev–Trinajstić information content (AvgIpc) is 2.74. The van der Waals surface area contributed by atoms with E-state index in [4.69, 9.17) is 19.6 Å². The molecule has 5 nitrogen and oxygen atoms in total. The first-order valence-electron chi connectivity index (χ1n) is 6.06. The van der Waals surface area contributed by atoms with Gasteiger partial charge >= 0.3 is 0 Å². The number of aryl methyl sites for hydroxylation is 3. The Morgan fingerprint density at radius 1 is 1.21 bits per heavy atom. The second-order valence-electron chi connectivity index (χ2n) is 4.24. The zero-order valence-electron chi connectivity index (χ0n) is 11.4. The van der Waals surface area contributed by atoms with E-state index in [2.05, 4.69) is 4.98 Å². The monoisotopic (exact) mass is 262 g/mol. The fourth-order valence-corrected chi connectivity index (χ4v) is 1.99. The summed E-state index contributed by atoms with van der Waals surface area (Å²) in [6.07, 6.45) is 1.53. The maximum Gasteiger partial charge on any atom is 0.292 e. The van der Waals surface area contributed by atoms with Gasteiger partial charge in [-0.2, -0.15) is 4.98 Å². The minimum Gasteiger partial charge on any atom is -0.497 e. The van der Waals surface area contributed by atoms with Crippen molar-refractivity contribution in [1.29, 1.82) is 0 Å². The van der Waals surface area contributed by atoms with Crippen molar-refractivity contribution in [3.63, 3.8) is 0 Å². The third-order valence-electron chi connectivity index (χ3n) is 3.02. The summed E-state index contributed by atoms with van der Waals surface area (Å²) < 4.78 is 15.9.